The molecule has 9 nitrogen and oxygen atoms in total. The van der Waals surface area contributed by atoms with Gasteiger partial charge < -0.3 is 23.4 Å². The second kappa shape index (κ2) is 16.1. The Balaban J connectivity index is 1.31. The predicted molar refractivity (Wildman–Crippen MR) is 200 cm³/mol. The summed E-state index contributed by atoms with van der Waals surface area (Å²) >= 11 is 4.27. The second-order valence-electron chi connectivity index (χ2n) is 11.8. The summed E-state index contributed by atoms with van der Waals surface area (Å²) in [4.78, 5) is 31.4. The van der Waals surface area contributed by atoms with E-state index >= 15 is 0 Å². The Bertz CT molecular complexity index is 1790. The molecule has 6 rings (SSSR count). The highest BCUT2D eigenvalue weighted by Crippen LogP contribution is 2.43. The summed E-state index contributed by atoms with van der Waals surface area (Å²) < 4.78 is 24.7. The van der Waals surface area contributed by atoms with E-state index in [1.807, 2.05) is 84.0 Å². The molecule has 0 bridgehead atoms. The van der Waals surface area contributed by atoms with Crippen molar-refractivity contribution < 1.29 is 23.8 Å². The van der Waals surface area contributed by atoms with E-state index in [2.05, 4.69) is 26.5 Å². The minimum atomic E-state index is -0.642. The summed E-state index contributed by atoms with van der Waals surface area (Å²) in [7, 11) is 4.90. The first-order chi connectivity index (χ1) is 23.9. The molecule has 1 aliphatic heterocycles. The highest BCUT2D eigenvalue weighted by molar-refractivity contribution is 8.00. The Hall–Kier alpha value is -4.13. The van der Waals surface area contributed by atoms with Crippen molar-refractivity contribution in [3.8, 4) is 17.2 Å². The first-order valence-electron chi connectivity index (χ1n) is 16.0. The number of anilines is 2. The van der Waals surface area contributed by atoms with Gasteiger partial charge in [-0.3, -0.25) is 19.0 Å². The van der Waals surface area contributed by atoms with Crippen LogP contribution in [0.2, 0.25) is 0 Å². The van der Waals surface area contributed by atoms with Gasteiger partial charge in [-0.1, -0.05) is 24.3 Å². The molecule has 1 atom stereocenters. The summed E-state index contributed by atoms with van der Waals surface area (Å²) in [6.07, 6.45) is 2.98. The molecule has 2 amide bonds. The third-order valence-corrected chi connectivity index (χ3v) is 11.3. The van der Waals surface area contributed by atoms with Crippen LogP contribution in [0.1, 0.15) is 35.6 Å². The molecule has 256 valence electrons. The van der Waals surface area contributed by atoms with E-state index < -0.39 is 6.04 Å². The number of hydrogen-bond donors (Lipinski definition) is 2. The van der Waals surface area contributed by atoms with Crippen molar-refractivity contribution in [3.63, 3.8) is 0 Å². The third kappa shape index (κ3) is 8.55. The zero-order valence-corrected chi connectivity index (χ0v) is 30.4. The van der Waals surface area contributed by atoms with Gasteiger partial charge in [0, 0.05) is 27.9 Å². The van der Waals surface area contributed by atoms with Gasteiger partial charge in [-0.25, -0.2) is 0 Å². The molecule has 0 spiro atoms. The van der Waals surface area contributed by atoms with Crippen LogP contribution in [0.5, 0.6) is 17.2 Å². The van der Waals surface area contributed by atoms with Crippen LogP contribution in [0.25, 0.3) is 0 Å². The molecule has 2 aliphatic rings. The average molecular weight is 717 g/mol. The standard InChI is InChI=1S/C37H40N4O5S3/c1-24-11-18-34(33(21-24)46-4)48-39-37(43)36(25-7-5-8-27(22-25)45-3)40-20-19-30-31(40)9-6-10-32(30)41(23-35(42)38-47-28-16-17-28)49-29-14-12-26(44-2)13-15-29/h5-15,18,21-22,28,36H,16-17,19-20,23H2,1-4H3,(H,38,42)(H,39,43). The van der Waals surface area contributed by atoms with Crippen molar-refractivity contribution in [1.82, 2.24) is 9.44 Å². The van der Waals surface area contributed by atoms with E-state index in [9.17, 15) is 9.59 Å². The highest BCUT2D eigenvalue weighted by Gasteiger charge is 2.35. The van der Waals surface area contributed by atoms with Gasteiger partial charge in [-0.2, -0.15) is 0 Å². The number of benzene rings is 4. The molecule has 2 N–H and O–H groups in total. The quantitative estimate of drug-likeness (QED) is 0.121. The maximum absolute atomic E-state index is 14.2. The number of hydrogen-bond acceptors (Lipinski definition) is 10. The van der Waals surface area contributed by atoms with Gasteiger partial charge >= 0.3 is 0 Å². The molecule has 1 aliphatic carbocycles. The minimum absolute atomic E-state index is 0.0532. The van der Waals surface area contributed by atoms with E-state index in [1.54, 1.807) is 21.3 Å². The van der Waals surface area contributed by atoms with Gasteiger partial charge in [0.15, 0.2) is 0 Å². The third-order valence-electron chi connectivity index (χ3n) is 8.28. The molecule has 0 radical (unpaired) electrons. The fraction of sp³-hybridized carbons (Fsp3) is 0.297. The van der Waals surface area contributed by atoms with Crippen LogP contribution >= 0.6 is 35.8 Å². The zero-order chi connectivity index (χ0) is 34.3. The number of aryl methyl sites for hydroxylation is 1. The van der Waals surface area contributed by atoms with E-state index in [4.69, 9.17) is 14.2 Å². The van der Waals surface area contributed by atoms with Crippen molar-refractivity contribution in [1.29, 1.82) is 0 Å². The molecular weight excluding hydrogens is 677 g/mol. The average Bonchev–Trinajstić information content (AvgIpc) is 3.87. The first kappa shape index (κ1) is 34.7. The van der Waals surface area contributed by atoms with Gasteiger partial charge in [0.1, 0.15) is 29.8 Å². The minimum Gasteiger partial charge on any atom is -0.497 e. The van der Waals surface area contributed by atoms with Crippen LogP contribution in [0.15, 0.2) is 94.7 Å². The molecule has 12 heteroatoms. The van der Waals surface area contributed by atoms with Gasteiger partial charge in [0.25, 0.3) is 5.91 Å². The van der Waals surface area contributed by atoms with Crippen LogP contribution < -0.4 is 32.9 Å². The van der Waals surface area contributed by atoms with Crippen molar-refractivity contribution in [2.75, 3.05) is 43.6 Å². The molecule has 4 aromatic carbocycles. The molecule has 4 aromatic rings. The van der Waals surface area contributed by atoms with Crippen LogP contribution in [0.3, 0.4) is 0 Å². The van der Waals surface area contributed by atoms with Gasteiger partial charge in [0.2, 0.25) is 5.91 Å². The number of rotatable bonds is 15. The van der Waals surface area contributed by atoms with Crippen LogP contribution in [-0.4, -0.2) is 51.5 Å². The Morgan fingerprint density at radius 3 is 2.41 bits per heavy atom. The fourth-order valence-corrected chi connectivity index (χ4v) is 8.07. The molecule has 1 saturated carbocycles. The molecule has 1 fully saturated rings. The number of nitrogens with zero attached hydrogens (tertiary/aromatic N) is 2. The summed E-state index contributed by atoms with van der Waals surface area (Å²) in [5.41, 5.74) is 4.86. The van der Waals surface area contributed by atoms with E-state index in [0.717, 1.165) is 56.4 Å². The summed E-state index contributed by atoms with van der Waals surface area (Å²) in [6.45, 7) is 2.79. The molecule has 49 heavy (non-hydrogen) atoms. The lowest BCUT2D eigenvalue weighted by Gasteiger charge is -2.31. The predicted octanol–water partition coefficient (Wildman–Crippen LogP) is 7.39. The molecule has 0 aromatic heterocycles. The number of carbonyl (C=O) groups is 2. The lowest BCUT2D eigenvalue weighted by molar-refractivity contribution is -0.120. The van der Waals surface area contributed by atoms with Crippen molar-refractivity contribution >= 4 is 59.0 Å². The smallest absolute Gasteiger partial charge is 0.257 e. The zero-order valence-electron chi connectivity index (χ0n) is 27.9. The Morgan fingerprint density at radius 2 is 1.67 bits per heavy atom. The normalized spacial score (nSPS) is 14.1. The number of carbonyl (C=O) groups excluding carboxylic acids is 2. The molecule has 1 heterocycles. The number of fused-ring (bicyclic) bond motifs is 1. The lowest BCUT2D eigenvalue weighted by atomic mass is 10.0. The van der Waals surface area contributed by atoms with Crippen LogP contribution in [0.4, 0.5) is 11.4 Å². The van der Waals surface area contributed by atoms with Crippen molar-refractivity contribution in [2.24, 2.45) is 0 Å². The number of ether oxygens (including phenoxy) is 3. The second-order valence-corrected chi connectivity index (χ2v) is 14.8. The summed E-state index contributed by atoms with van der Waals surface area (Å²) in [5, 5.41) is 0.506. The number of nitrogens with one attached hydrogen (secondary N) is 2. The van der Waals surface area contributed by atoms with Crippen LogP contribution in [-0.2, 0) is 16.0 Å². The van der Waals surface area contributed by atoms with Gasteiger partial charge in [-0.05, 0) is 134 Å². The van der Waals surface area contributed by atoms with E-state index in [0.29, 0.717) is 29.7 Å². The Labute approximate surface area is 300 Å². The number of methoxy groups -OCH3 is 3. The van der Waals surface area contributed by atoms with Gasteiger partial charge in [-0.15, -0.1) is 0 Å². The van der Waals surface area contributed by atoms with Crippen molar-refractivity contribution in [3.05, 3.63) is 102 Å². The topological polar surface area (TPSA) is 92.4 Å². The highest BCUT2D eigenvalue weighted by atomic mass is 32.2. The maximum atomic E-state index is 14.2. The summed E-state index contributed by atoms with van der Waals surface area (Å²) in [6, 6.07) is 26.8. The Morgan fingerprint density at radius 1 is 0.898 bits per heavy atom. The molecular formula is C37H40N4O5S3. The number of amides is 2. The van der Waals surface area contributed by atoms with E-state index in [-0.39, 0.29) is 18.4 Å². The Kier molecular flexibility index (Phi) is 11.4. The first-order valence-corrected chi connectivity index (χ1v) is 18.5. The fourth-order valence-electron chi connectivity index (χ4n) is 5.68. The summed E-state index contributed by atoms with van der Waals surface area (Å²) in [5.74, 6) is 1.93. The SMILES string of the molecule is COc1ccc(SN(CC(=O)NSC2CC2)c2cccc3c2CCN3C(C(=O)NSc2ccc(C)cc2OC)c2cccc(OC)c2)cc1. The van der Waals surface area contributed by atoms with E-state index in [1.165, 1.54) is 35.8 Å². The van der Waals surface area contributed by atoms with Gasteiger partial charge in [0.05, 0.1) is 31.9 Å². The lowest BCUT2D eigenvalue weighted by Crippen LogP contribution is -2.37. The molecule has 1 unspecified atom stereocenters. The van der Waals surface area contributed by atoms with Crippen molar-refractivity contribution in [2.45, 2.75) is 47.3 Å². The van der Waals surface area contributed by atoms with Crippen LogP contribution in [0, 0.1) is 6.92 Å². The maximum Gasteiger partial charge on any atom is 0.257 e. The monoisotopic (exact) mass is 716 g/mol. The largest absolute Gasteiger partial charge is 0.497 e. The molecule has 0 saturated heterocycles.